The van der Waals surface area contributed by atoms with Gasteiger partial charge < -0.3 is 19.1 Å². The van der Waals surface area contributed by atoms with Gasteiger partial charge in [0.05, 0.1) is 17.6 Å². The van der Waals surface area contributed by atoms with Gasteiger partial charge in [0.25, 0.3) is 0 Å². The number of hydrogen-bond acceptors (Lipinski definition) is 4. The molecule has 0 radical (unpaired) electrons. The van der Waals surface area contributed by atoms with Crippen molar-refractivity contribution in [2.45, 2.75) is 44.6 Å². The Morgan fingerprint density at radius 1 is 1.09 bits per heavy atom. The van der Waals surface area contributed by atoms with Gasteiger partial charge in [0, 0.05) is 24.6 Å². The van der Waals surface area contributed by atoms with Crippen LogP contribution in [0.25, 0.3) is 11.0 Å². The van der Waals surface area contributed by atoms with Crippen molar-refractivity contribution < 1.29 is 14.6 Å². The molecule has 118 valence electrons. The van der Waals surface area contributed by atoms with Gasteiger partial charge in [-0.2, -0.15) is 0 Å². The van der Waals surface area contributed by atoms with Crippen LogP contribution in [-0.2, 0) is 6.54 Å². The molecule has 1 saturated carbocycles. The van der Waals surface area contributed by atoms with Crippen LogP contribution in [0.1, 0.15) is 43.8 Å². The molecule has 0 atom stereocenters. The summed E-state index contributed by atoms with van der Waals surface area (Å²) in [6, 6.07) is 3.99. The first-order chi connectivity index (χ1) is 10.9. The van der Waals surface area contributed by atoms with Gasteiger partial charge in [-0.25, -0.2) is 4.98 Å². The van der Waals surface area contributed by atoms with E-state index in [1.165, 1.54) is 32.1 Å². The van der Waals surface area contributed by atoms with Crippen molar-refractivity contribution in [3.8, 4) is 11.5 Å². The molecule has 0 spiro atoms. The van der Waals surface area contributed by atoms with Gasteiger partial charge in [-0.05, 0) is 12.8 Å². The first-order valence-corrected chi connectivity index (χ1v) is 8.27. The quantitative estimate of drug-likeness (QED) is 0.947. The minimum Gasteiger partial charge on any atom is -0.486 e. The zero-order valence-corrected chi connectivity index (χ0v) is 12.8. The smallest absolute Gasteiger partial charge is 0.163 e. The molecule has 5 heteroatoms. The number of nitrogens with zero attached hydrogens (tertiary/aromatic N) is 2. The van der Waals surface area contributed by atoms with E-state index in [-0.39, 0.29) is 6.61 Å². The minimum atomic E-state index is 0.125. The fourth-order valence-corrected chi connectivity index (χ4v) is 3.69. The Hall–Kier alpha value is -1.75. The van der Waals surface area contributed by atoms with Crippen LogP contribution in [0, 0.1) is 0 Å². The molecule has 4 rings (SSSR count). The number of aliphatic hydroxyl groups excluding tert-OH is 1. The summed E-state index contributed by atoms with van der Waals surface area (Å²) in [4.78, 5) is 4.88. The van der Waals surface area contributed by atoms with Crippen molar-refractivity contribution in [1.82, 2.24) is 9.55 Å². The number of ether oxygens (including phenoxy) is 2. The van der Waals surface area contributed by atoms with Crippen LogP contribution < -0.4 is 9.47 Å². The van der Waals surface area contributed by atoms with Crippen LogP contribution in [0.4, 0.5) is 0 Å². The maximum absolute atomic E-state index is 9.45. The van der Waals surface area contributed by atoms with Crippen molar-refractivity contribution in [3.63, 3.8) is 0 Å². The largest absolute Gasteiger partial charge is 0.486 e. The molecule has 5 nitrogen and oxygen atoms in total. The van der Waals surface area contributed by atoms with Crippen molar-refractivity contribution >= 4 is 11.0 Å². The molecular formula is C17H22N2O3. The normalized spacial score (nSPS) is 18.8. The van der Waals surface area contributed by atoms with Gasteiger partial charge >= 0.3 is 0 Å². The molecule has 0 saturated heterocycles. The van der Waals surface area contributed by atoms with Gasteiger partial charge in [0.15, 0.2) is 11.5 Å². The molecule has 1 aliphatic carbocycles. The van der Waals surface area contributed by atoms with Crippen LogP contribution in [0.2, 0.25) is 0 Å². The minimum absolute atomic E-state index is 0.125. The van der Waals surface area contributed by atoms with Crippen molar-refractivity contribution in [1.29, 1.82) is 0 Å². The Morgan fingerprint density at radius 2 is 1.82 bits per heavy atom. The van der Waals surface area contributed by atoms with Crippen molar-refractivity contribution in [2.24, 2.45) is 0 Å². The third-order valence-corrected chi connectivity index (χ3v) is 4.74. The first kappa shape index (κ1) is 13.9. The summed E-state index contributed by atoms with van der Waals surface area (Å²) in [5, 5.41) is 9.45. The number of benzene rings is 1. The van der Waals surface area contributed by atoms with Crippen LogP contribution in [0.3, 0.4) is 0 Å². The standard InChI is InChI=1S/C17H22N2O3/c20-7-6-19-14-11-16-15(21-8-9-22-16)10-13(14)18-17(19)12-4-2-1-3-5-12/h10-12,20H,1-9H2. The Kier molecular flexibility index (Phi) is 3.66. The fraction of sp³-hybridized carbons (Fsp3) is 0.588. The molecule has 1 N–H and O–H groups in total. The van der Waals surface area contributed by atoms with E-state index in [0.29, 0.717) is 25.7 Å². The fourth-order valence-electron chi connectivity index (χ4n) is 3.69. The molecule has 1 aliphatic heterocycles. The summed E-state index contributed by atoms with van der Waals surface area (Å²) in [6.07, 6.45) is 6.26. The van der Waals surface area contributed by atoms with E-state index in [1.807, 2.05) is 12.1 Å². The highest BCUT2D eigenvalue weighted by atomic mass is 16.6. The molecule has 0 bridgehead atoms. The molecule has 2 heterocycles. The Morgan fingerprint density at radius 3 is 2.55 bits per heavy atom. The Bertz CT molecular complexity index is 674. The topological polar surface area (TPSA) is 56.5 Å². The second-order valence-electron chi connectivity index (χ2n) is 6.16. The van der Waals surface area contributed by atoms with E-state index in [2.05, 4.69) is 4.57 Å². The molecule has 1 aromatic heterocycles. The highest BCUT2D eigenvalue weighted by molar-refractivity contribution is 5.81. The lowest BCUT2D eigenvalue weighted by molar-refractivity contribution is 0.172. The van der Waals surface area contributed by atoms with E-state index in [9.17, 15) is 5.11 Å². The molecule has 0 amide bonds. The summed E-state index contributed by atoms with van der Waals surface area (Å²) in [5.41, 5.74) is 1.98. The Balaban J connectivity index is 1.82. The van der Waals surface area contributed by atoms with Crippen LogP contribution >= 0.6 is 0 Å². The summed E-state index contributed by atoms with van der Waals surface area (Å²) in [7, 11) is 0. The molecule has 2 aromatic rings. The molecular weight excluding hydrogens is 280 g/mol. The maximum Gasteiger partial charge on any atom is 0.163 e. The molecule has 1 fully saturated rings. The third kappa shape index (κ3) is 2.33. The lowest BCUT2D eigenvalue weighted by Crippen LogP contribution is -2.15. The predicted octanol–water partition coefficient (Wildman–Crippen LogP) is 2.85. The molecule has 0 unspecified atom stereocenters. The molecule has 1 aromatic carbocycles. The average molecular weight is 302 g/mol. The number of hydrogen-bond donors (Lipinski definition) is 1. The van der Waals surface area contributed by atoms with Crippen LogP contribution in [0.5, 0.6) is 11.5 Å². The lowest BCUT2D eigenvalue weighted by atomic mass is 9.88. The van der Waals surface area contributed by atoms with E-state index >= 15 is 0 Å². The second-order valence-corrected chi connectivity index (χ2v) is 6.16. The van der Waals surface area contributed by atoms with Crippen molar-refractivity contribution in [2.75, 3.05) is 19.8 Å². The van der Waals surface area contributed by atoms with Gasteiger partial charge in [-0.15, -0.1) is 0 Å². The second kappa shape index (κ2) is 5.80. The predicted molar refractivity (Wildman–Crippen MR) is 83.6 cm³/mol. The van der Waals surface area contributed by atoms with E-state index in [1.54, 1.807) is 0 Å². The average Bonchev–Trinajstić information content (AvgIpc) is 2.92. The van der Waals surface area contributed by atoms with E-state index in [4.69, 9.17) is 14.5 Å². The maximum atomic E-state index is 9.45. The van der Waals surface area contributed by atoms with Crippen molar-refractivity contribution in [3.05, 3.63) is 18.0 Å². The summed E-state index contributed by atoms with van der Waals surface area (Å²) in [5.74, 6) is 3.19. The van der Waals surface area contributed by atoms with Crippen LogP contribution in [0.15, 0.2) is 12.1 Å². The first-order valence-electron chi connectivity index (χ1n) is 8.27. The Labute approximate surface area is 129 Å². The number of imidazole rings is 1. The highest BCUT2D eigenvalue weighted by Crippen LogP contribution is 2.38. The summed E-state index contributed by atoms with van der Waals surface area (Å²) >= 11 is 0. The third-order valence-electron chi connectivity index (χ3n) is 4.74. The molecule has 22 heavy (non-hydrogen) atoms. The van der Waals surface area contributed by atoms with Gasteiger partial charge in [0.2, 0.25) is 0 Å². The highest BCUT2D eigenvalue weighted by Gasteiger charge is 2.24. The zero-order chi connectivity index (χ0) is 14.9. The van der Waals surface area contributed by atoms with E-state index < -0.39 is 0 Å². The van der Waals surface area contributed by atoms with Gasteiger partial charge in [0.1, 0.15) is 19.0 Å². The summed E-state index contributed by atoms with van der Waals surface area (Å²) < 4.78 is 13.5. The van der Waals surface area contributed by atoms with E-state index in [0.717, 1.165) is 28.4 Å². The number of fused-ring (bicyclic) bond motifs is 2. The number of aromatic nitrogens is 2. The number of aliphatic hydroxyl groups is 1. The van der Waals surface area contributed by atoms with Gasteiger partial charge in [-0.1, -0.05) is 19.3 Å². The van der Waals surface area contributed by atoms with Gasteiger partial charge in [-0.3, -0.25) is 0 Å². The molecule has 2 aliphatic rings. The van der Waals surface area contributed by atoms with Crippen LogP contribution in [-0.4, -0.2) is 34.5 Å². The monoisotopic (exact) mass is 302 g/mol. The summed E-state index contributed by atoms with van der Waals surface area (Å²) in [6.45, 7) is 1.88. The SMILES string of the molecule is OCCn1c(C2CCCCC2)nc2cc3c(cc21)OCCO3. The lowest BCUT2D eigenvalue weighted by Gasteiger charge is -2.22. The number of rotatable bonds is 3. The zero-order valence-electron chi connectivity index (χ0n) is 12.8.